The van der Waals surface area contributed by atoms with Crippen LogP contribution in [-0.2, 0) is 9.59 Å². The predicted molar refractivity (Wildman–Crippen MR) is 149 cm³/mol. The van der Waals surface area contributed by atoms with E-state index in [2.05, 4.69) is 21.7 Å². The van der Waals surface area contributed by atoms with Crippen LogP contribution in [0.1, 0.15) is 18.4 Å². The highest BCUT2D eigenvalue weighted by Crippen LogP contribution is 2.42. The van der Waals surface area contributed by atoms with Gasteiger partial charge in [-0.3, -0.25) is 19.4 Å². The van der Waals surface area contributed by atoms with Crippen LogP contribution in [-0.4, -0.2) is 77.7 Å². The van der Waals surface area contributed by atoms with Gasteiger partial charge < -0.3 is 19.9 Å². The van der Waals surface area contributed by atoms with Crippen LogP contribution in [0.25, 0.3) is 27.9 Å². The van der Waals surface area contributed by atoms with Crippen LogP contribution in [0.2, 0.25) is 0 Å². The molecule has 9 nitrogen and oxygen atoms in total. The van der Waals surface area contributed by atoms with Gasteiger partial charge in [-0.2, -0.15) is 0 Å². The van der Waals surface area contributed by atoms with Gasteiger partial charge in [0.2, 0.25) is 5.91 Å². The van der Waals surface area contributed by atoms with E-state index in [1.165, 1.54) is 30.3 Å². The first-order chi connectivity index (χ1) is 18.8. The van der Waals surface area contributed by atoms with E-state index in [0.29, 0.717) is 58.4 Å². The highest BCUT2D eigenvalue weighted by Gasteiger charge is 2.28. The second-order valence-corrected chi connectivity index (χ2v) is 9.87. The molecule has 9 heteroatoms. The maximum Gasteiger partial charge on any atom is 0.335 e. The molecular weight excluding hydrogens is 498 g/mol. The molecule has 0 bridgehead atoms. The lowest BCUT2D eigenvalue weighted by atomic mass is 9.83. The molecule has 0 radical (unpaired) electrons. The Kier molecular flexibility index (Phi) is 7.63. The number of piperazine rings is 1. The zero-order valence-corrected chi connectivity index (χ0v) is 21.6. The first kappa shape index (κ1) is 26.4. The minimum Gasteiger partial charge on any atom is -0.508 e. The van der Waals surface area contributed by atoms with Crippen LogP contribution in [0.15, 0.2) is 75.5 Å². The van der Waals surface area contributed by atoms with Crippen LogP contribution in [0, 0.1) is 0 Å². The summed E-state index contributed by atoms with van der Waals surface area (Å²) in [5.41, 5.74) is 2.29. The number of carbonyl (C=O) groups excluding carboxylic acids is 1. The number of hydrogen-bond donors (Lipinski definition) is 3. The van der Waals surface area contributed by atoms with E-state index < -0.39 is 5.97 Å². The summed E-state index contributed by atoms with van der Waals surface area (Å²) in [4.78, 5) is 42.0. The fourth-order valence-electron chi connectivity index (χ4n) is 5.36. The van der Waals surface area contributed by atoms with Crippen LogP contribution < -0.4 is 10.7 Å². The molecule has 1 saturated heterocycles. The number of carboxylic acid groups (broad SMARTS) is 1. The van der Waals surface area contributed by atoms with Crippen molar-refractivity contribution in [3.05, 3.63) is 82.1 Å². The number of amides is 1. The van der Waals surface area contributed by atoms with Gasteiger partial charge in [0.05, 0.1) is 5.57 Å². The molecule has 0 saturated carbocycles. The summed E-state index contributed by atoms with van der Waals surface area (Å²) in [5, 5.41) is 23.7. The molecule has 4 aliphatic rings. The van der Waals surface area contributed by atoms with Crippen LogP contribution in [0.5, 0.6) is 5.75 Å². The summed E-state index contributed by atoms with van der Waals surface area (Å²) in [6.45, 7) is 9.66. The van der Waals surface area contributed by atoms with E-state index in [1.54, 1.807) is 12.1 Å². The molecule has 2 aliphatic carbocycles. The molecule has 2 aliphatic heterocycles. The number of carbonyl (C=O) groups is 2. The second-order valence-electron chi connectivity index (χ2n) is 9.87. The van der Waals surface area contributed by atoms with Crippen molar-refractivity contribution in [3.63, 3.8) is 0 Å². The van der Waals surface area contributed by atoms with E-state index in [9.17, 15) is 24.6 Å². The number of allylic oxidation sites excluding steroid dienone is 1. The third-order valence-electron chi connectivity index (χ3n) is 7.35. The number of phenolic OH excluding ortho intramolecular Hbond substituents is 1. The molecule has 1 aromatic rings. The lowest BCUT2D eigenvalue weighted by Gasteiger charge is -2.34. The summed E-state index contributed by atoms with van der Waals surface area (Å²) in [5.74, 6) is -1.13. The number of carboxylic acids is 1. The molecule has 0 unspecified atom stereocenters. The minimum absolute atomic E-state index is 0.0107. The Morgan fingerprint density at radius 2 is 1.82 bits per heavy atom. The van der Waals surface area contributed by atoms with Gasteiger partial charge >= 0.3 is 5.97 Å². The van der Waals surface area contributed by atoms with Gasteiger partial charge in [-0.05, 0) is 48.8 Å². The maximum absolute atomic E-state index is 13.0. The number of hydrogen-bond acceptors (Lipinski definition) is 7. The smallest absolute Gasteiger partial charge is 0.335 e. The van der Waals surface area contributed by atoms with Gasteiger partial charge in [0.1, 0.15) is 17.1 Å². The lowest BCUT2D eigenvalue weighted by Crippen LogP contribution is -2.48. The van der Waals surface area contributed by atoms with Crippen molar-refractivity contribution in [1.29, 1.82) is 0 Å². The van der Waals surface area contributed by atoms with Gasteiger partial charge in [-0.1, -0.05) is 6.08 Å². The molecule has 1 fully saturated rings. The zero-order chi connectivity index (χ0) is 27.5. The number of nitrogens with one attached hydrogen (secondary N) is 1. The van der Waals surface area contributed by atoms with E-state index in [4.69, 9.17) is 4.42 Å². The van der Waals surface area contributed by atoms with Gasteiger partial charge in [0.25, 0.3) is 0 Å². The SMILES string of the molecule is C=CCN1CCN(CCNC(=O)C2=CC(C(=O)O)=C(c3c4ccc(=O)cc-4oc4cc(O)ccc34)CC2)CC1. The fraction of sp³-hybridized carbons (Fsp3) is 0.300. The van der Waals surface area contributed by atoms with Crippen molar-refractivity contribution < 1.29 is 24.2 Å². The standard InChI is InChI=1S/C30H31N3O6/c1-2-10-32-12-14-33(15-13-32)11-9-31-29(36)19-3-6-22(25(16-19)30(37)38)28-23-7-4-20(34)17-26(23)39-27-18-21(35)5-8-24(27)28/h2,4-5,7-8,16-18,34H,1,3,6,9-15H2,(H,31,36)(H,37,38). The minimum atomic E-state index is -1.14. The number of phenols is 1. The summed E-state index contributed by atoms with van der Waals surface area (Å²) >= 11 is 0. The molecule has 0 aromatic heterocycles. The van der Waals surface area contributed by atoms with E-state index >= 15 is 0 Å². The number of benzene rings is 2. The highest BCUT2D eigenvalue weighted by atomic mass is 16.4. The molecular formula is C30H31N3O6. The Morgan fingerprint density at radius 3 is 2.56 bits per heavy atom. The normalized spacial score (nSPS) is 16.9. The molecule has 1 aromatic carbocycles. The Morgan fingerprint density at radius 1 is 1.05 bits per heavy atom. The molecule has 2 heterocycles. The van der Waals surface area contributed by atoms with Gasteiger partial charge in [-0.15, -0.1) is 6.58 Å². The van der Waals surface area contributed by atoms with E-state index in [-0.39, 0.29) is 22.7 Å². The monoisotopic (exact) mass is 529 g/mol. The summed E-state index contributed by atoms with van der Waals surface area (Å²) in [6.07, 6.45) is 4.05. The Balaban J connectivity index is 1.41. The Hall–Kier alpha value is -4.21. The number of aliphatic carboxylic acids is 1. The second kappa shape index (κ2) is 11.3. The van der Waals surface area contributed by atoms with Gasteiger partial charge in [0, 0.05) is 80.0 Å². The van der Waals surface area contributed by atoms with Gasteiger partial charge in [0.15, 0.2) is 5.43 Å². The first-order valence-electron chi connectivity index (χ1n) is 13.0. The third kappa shape index (κ3) is 5.64. The van der Waals surface area contributed by atoms with Crippen molar-refractivity contribution in [3.8, 4) is 17.1 Å². The molecule has 5 rings (SSSR count). The first-order valence-corrected chi connectivity index (χ1v) is 13.0. The van der Waals surface area contributed by atoms with Gasteiger partial charge in [-0.25, -0.2) is 4.79 Å². The van der Waals surface area contributed by atoms with Crippen molar-refractivity contribution in [2.45, 2.75) is 12.8 Å². The molecule has 0 spiro atoms. The quantitative estimate of drug-likeness (QED) is 0.301. The number of nitrogens with zero attached hydrogens (tertiary/aromatic N) is 2. The third-order valence-corrected chi connectivity index (χ3v) is 7.35. The van der Waals surface area contributed by atoms with Crippen LogP contribution >= 0.6 is 0 Å². The van der Waals surface area contributed by atoms with E-state index in [1.807, 2.05) is 6.08 Å². The van der Waals surface area contributed by atoms with Crippen molar-refractivity contribution >= 4 is 28.4 Å². The number of aromatic hydroxyl groups is 1. The summed E-state index contributed by atoms with van der Waals surface area (Å²) in [7, 11) is 0. The fourth-order valence-corrected chi connectivity index (χ4v) is 5.36. The number of fused-ring (bicyclic) bond motifs is 2. The average Bonchev–Trinajstić information content (AvgIpc) is 2.92. The number of rotatable bonds is 8. The van der Waals surface area contributed by atoms with Crippen LogP contribution in [0.3, 0.4) is 0 Å². The topological polar surface area (TPSA) is 123 Å². The predicted octanol–water partition coefficient (Wildman–Crippen LogP) is 3.08. The van der Waals surface area contributed by atoms with Crippen LogP contribution in [0.4, 0.5) is 0 Å². The van der Waals surface area contributed by atoms with Crippen molar-refractivity contribution in [1.82, 2.24) is 15.1 Å². The summed E-state index contributed by atoms with van der Waals surface area (Å²) in [6, 6.07) is 8.99. The van der Waals surface area contributed by atoms with Crippen molar-refractivity contribution in [2.24, 2.45) is 0 Å². The van der Waals surface area contributed by atoms with E-state index in [0.717, 1.165) is 39.3 Å². The molecule has 1 amide bonds. The Bertz CT molecular complexity index is 1530. The summed E-state index contributed by atoms with van der Waals surface area (Å²) < 4.78 is 5.89. The maximum atomic E-state index is 13.0. The lowest BCUT2D eigenvalue weighted by molar-refractivity contribution is -0.132. The zero-order valence-electron chi connectivity index (χ0n) is 21.6. The Labute approximate surface area is 225 Å². The molecule has 0 atom stereocenters. The average molecular weight is 530 g/mol. The molecule has 3 N–H and O–H groups in total. The largest absolute Gasteiger partial charge is 0.508 e. The highest BCUT2D eigenvalue weighted by molar-refractivity contribution is 6.09. The van der Waals surface area contributed by atoms with Crippen molar-refractivity contribution in [2.75, 3.05) is 45.8 Å². The molecule has 39 heavy (non-hydrogen) atoms. The molecule has 202 valence electrons.